The summed E-state index contributed by atoms with van der Waals surface area (Å²) in [6.45, 7) is 8.21. The van der Waals surface area contributed by atoms with Crippen molar-refractivity contribution >= 4 is 11.9 Å². The lowest BCUT2D eigenvalue weighted by Gasteiger charge is -2.21. The number of unbranched alkanes of at least 4 members (excludes halogenated alkanes) is 2. The molecule has 0 aromatic heterocycles. The van der Waals surface area contributed by atoms with E-state index in [0.29, 0.717) is 6.42 Å². The summed E-state index contributed by atoms with van der Waals surface area (Å²) in [4.78, 5) is 29.7. The molecule has 0 fully saturated rings. The first kappa shape index (κ1) is 18.3. The van der Waals surface area contributed by atoms with E-state index in [4.69, 9.17) is 0 Å². The third kappa shape index (κ3) is 7.00. The molecule has 0 spiro atoms. The summed E-state index contributed by atoms with van der Waals surface area (Å²) in [5.74, 6) is -4.66. The van der Waals surface area contributed by atoms with Crippen molar-refractivity contribution in [3.8, 4) is 0 Å². The van der Waals surface area contributed by atoms with Crippen molar-refractivity contribution in [3.63, 3.8) is 0 Å². The predicted octanol–water partition coefficient (Wildman–Crippen LogP) is 0.854. The minimum Gasteiger partial charge on any atom is -0.362 e. The maximum atomic E-state index is 11.3. The van der Waals surface area contributed by atoms with Crippen molar-refractivity contribution in [3.05, 3.63) is 24.8 Å². The zero-order valence-electron chi connectivity index (χ0n) is 11.2. The molecule has 0 aliphatic heterocycles. The van der Waals surface area contributed by atoms with Gasteiger partial charge in [0.05, 0.1) is 5.57 Å². The molecule has 8 heteroatoms. The van der Waals surface area contributed by atoms with Crippen LogP contribution in [0.15, 0.2) is 24.8 Å². The Balaban J connectivity index is 4.09. The fraction of sp³-hybridized carbons (Fsp3) is 0.500. The van der Waals surface area contributed by atoms with E-state index in [-0.39, 0.29) is 6.42 Å². The van der Waals surface area contributed by atoms with Crippen molar-refractivity contribution in [1.82, 2.24) is 0 Å². The zero-order valence-corrected chi connectivity index (χ0v) is 11.2. The second-order valence-corrected chi connectivity index (χ2v) is 3.87. The molecule has 0 saturated heterocycles. The Morgan fingerprint density at radius 1 is 1.20 bits per heavy atom. The van der Waals surface area contributed by atoms with Crippen LogP contribution in [0.2, 0.25) is 0 Å². The monoisotopic (exact) mass is 290 g/mol. The molecule has 0 aromatic carbocycles. The summed E-state index contributed by atoms with van der Waals surface area (Å²) >= 11 is 0. The number of hydrogen-bond donors (Lipinski definition) is 2. The molecule has 0 aliphatic rings. The van der Waals surface area contributed by atoms with E-state index in [1.165, 1.54) is 0 Å². The van der Waals surface area contributed by atoms with Gasteiger partial charge in [0.15, 0.2) is 5.79 Å². The third-order valence-electron chi connectivity index (χ3n) is 2.28. The molecule has 0 bridgehead atoms. The average molecular weight is 290 g/mol. The number of carbonyl (C=O) groups is 2. The van der Waals surface area contributed by atoms with Gasteiger partial charge in [0.2, 0.25) is 0 Å². The predicted molar refractivity (Wildman–Crippen MR) is 65.0 cm³/mol. The van der Waals surface area contributed by atoms with Crippen LogP contribution in [0.25, 0.3) is 0 Å². The fourth-order valence-corrected chi connectivity index (χ4v) is 1.11. The average Bonchev–Trinajstić information content (AvgIpc) is 2.42. The van der Waals surface area contributed by atoms with Gasteiger partial charge in [-0.05, 0) is 6.42 Å². The summed E-state index contributed by atoms with van der Waals surface area (Å²) in [6.07, 6.45) is 2.83. The molecule has 0 amide bonds. The summed E-state index contributed by atoms with van der Waals surface area (Å²) in [7, 11) is 0. The lowest BCUT2D eigenvalue weighted by molar-refractivity contribution is -0.598. The number of aliphatic hydroxyl groups is 2. The Labute approximate surface area is 116 Å². The summed E-state index contributed by atoms with van der Waals surface area (Å²) in [6, 6.07) is 0. The van der Waals surface area contributed by atoms with Crippen molar-refractivity contribution in [1.29, 1.82) is 0 Å². The van der Waals surface area contributed by atoms with Gasteiger partial charge in [0.1, 0.15) is 0 Å². The Kier molecular flexibility index (Phi) is 8.41. The molecule has 0 heterocycles. The Morgan fingerprint density at radius 2 is 1.80 bits per heavy atom. The standard InChI is InChI=1S/C12H18O8/c1-4-6-7-8-12(15,16)9(3)11(14)18-20-19-17-10(13)5-2/h5,15-16H,2-4,6-8H2,1H3. The molecule has 0 unspecified atom stereocenters. The molecule has 0 saturated carbocycles. The van der Waals surface area contributed by atoms with Crippen LogP contribution >= 0.6 is 0 Å². The quantitative estimate of drug-likeness (QED) is 0.200. The summed E-state index contributed by atoms with van der Waals surface area (Å²) < 4.78 is 0. The molecule has 0 aromatic rings. The second-order valence-electron chi connectivity index (χ2n) is 3.87. The van der Waals surface area contributed by atoms with Gasteiger partial charge >= 0.3 is 11.9 Å². The zero-order chi connectivity index (χ0) is 15.6. The minimum atomic E-state index is -2.41. The maximum Gasteiger partial charge on any atom is 0.377 e. The highest BCUT2D eigenvalue weighted by molar-refractivity contribution is 5.88. The Hall–Kier alpha value is -1.74. The SMILES string of the molecule is C=CC(=O)OOOOC(=O)C(=C)C(O)(O)CCCCC. The van der Waals surface area contributed by atoms with Crippen LogP contribution in [0.4, 0.5) is 0 Å². The molecule has 114 valence electrons. The van der Waals surface area contributed by atoms with Crippen molar-refractivity contribution in [2.45, 2.75) is 38.4 Å². The van der Waals surface area contributed by atoms with E-state index in [9.17, 15) is 19.8 Å². The van der Waals surface area contributed by atoms with E-state index in [1.807, 2.05) is 6.92 Å². The Morgan fingerprint density at radius 3 is 2.35 bits per heavy atom. The third-order valence-corrected chi connectivity index (χ3v) is 2.28. The topological polar surface area (TPSA) is 112 Å². The molecule has 8 nitrogen and oxygen atoms in total. The fourth-order valence-electron chi connectivity index (χ4n) is 1.11. The molecule has 0 radical (unpaired) electrons. The van der Waals surface area contributed by atoms with Gasteiger partial charge in [-0.2, -0.15) is 0 Å². The van der Waals surface area contributed by atoms with E-state index in [1.54, 1.807) is 0 Å². The molecular weight excluding hydrogens is 272 g/mol. The molecular formula is C12H18O8. The van der Waals surface area contributed by atoms with Gasteiger partial charge in [0, 0.05) is 22.6 Å². The summed E-state index contributed by atoms with van der Waals surface area (Å²) in [5, 5.41) is 26.8. The first-order valence-electron chi connectivity index (χ1n) is 5.87. The van der Waals surface area contributed by atoms with Crippen LogP contribution in [0.1, 0.15) is 32.6 Å². The van der Waals surface area contributed by atoms with Crippen LogP contribution in [0.5, 0.6) is 0 Å². The molecule has 0 aliphatic carbocycles. The van der Waals surface area contributed by atoms with E-state index in [0.717, 1.165) is 18.9 Å². The van der Waals surface area contributed by atoms with Gasteiger partial charge in [0.25, 0.3) is 0 Å². The lowest BCUT2D eigenvalue weighted by Crippen LogP contribution is -2.35. The van der Waals surface area contributed by atoms with Crippen LogP contribution in [0.3, 0.4) is 0 Å². The smallest absolute Gasteiger partial charge is 0.362 e. The normalized spacial score (nSPS) is 10.8. The number of carbonyl (C=O) groups excluding carboxylic acids is 2. The molecule has 20 heavy (non-hydrogen) atoms. The van der Waals surface area contributed by atoms with Crippen LogP contribution < -0.4 is 0 Å². The number of rotatable bonds is 10. The first-order valence-corrected chi connectivity index (χ1v) is 5.87. The van der Waals surface area contributed by atoms with E-state index >= 15 is 0 Å². The highest BCUT2D eigenvalue weighted by atomic mass is 17.7. The number of hydrogen-bond acceptors (Lipinski definition) is 8. The van der Waals surface area contributed by atoms with Crippen molar-refractivity contribution in [2.75, 3.05) is 0 Å². The van der Waals surface area contributed by atoms with Crippen LogP contribution in [0, 0.1) is 0 Å². The Bertz CT molecular complexity index is 360. The van der Waals surface area contributed by atoms with E-state index < -0.39 is 23.3 Å². The molecule has 2 N–H and O–H groups in total. The van der Waals surface area contributed by atoms with Gasteiger partial charge < -0.3 is 10.2 Å². The summed E-state index contributed by atoms with van der Waals surface area (Å²) in [5.41, 5.74) is -0.632. The van der Waals surface area contributed by atoms with Crippen molar-refractivity contribution in [2.24, 2.45) is 0 Å². The van der Waals surface area contributed by atoms with E-state index in [2.05, 4.69) is 33.0 Å². The van der Waals surface area contributed by atoms with Gasteiger partial charge in [-0.25, -0.2) is 9.59 Å². The minimum absolute atomic E-state index is 0.0823. The maximum absolute atomic E-state index is 11.3. The lowest BCUT2D eigenvalue weighted by atomic mass is 10.0. The van der Waals surface area contributed by atoms with Gasteiger partial charge in [-0.1, -0.05) is 32.9 Å². The van der Waals surface area contributed by atoms with Crippen LogP contribution in [-0.2, 0) is 29.4 Å². The van der Waals surface area contributed by atoms with Crippen LogP contribution in [-0.4, -0.2) is 27.9 Å². The largest absolute Gasteiger partial charge is 0.377 e. The molecule has 0 rings (SSSR count). The van der Waals surface area contributed by atoms with Gasteiger partial charge in [-0.15, -0.1) is 0 Å². The second kappa shape index (κ2) is 9.21. The highest BCUT2D eigenvalue weighted by Crippen LogP contribution is 2.21. The van der Waals surface area contributed by atoms with Crippen molar-refractivity contribution < 1.29 is 39.7 Å². The highest BCUT2D eigenvalue weighted by Gasteiger charge is 2.33. The first-order chi connectivity index (χ1) is 9.35. The molecule has 0 atom stereocenters. The van der Waals surface area contributed by atoms with Gasteiger partial charge in [-0.3, -0.25) is 9.78 Å².